The fourth-order valence-electron chi connectivity index (χ4n) is 1.78. The zero-order valence-electron chi connectivity index (χ0n) is 8.61. The van der Waals surface area contributed by atoms with Crippen molar-refractivity contribution in [2.24, 2.45) is 0 Å². The number of phenols is 1. The summed E-state index contributed by atoms with van der Waals surface area (Å²) in [5.74, 6) is 0.394. The van der Waals surface area contributed by atoms with E-state index < -0.39 is 11.6 Å². The fraction of sp³-hybridized carbons (Fsp3) is 0.364. The number of rotatable bonds is 1. The van der Waals surface area contributed by atoms with Crippen LogP contribution in [0, 0.1) is 0 Å². The van der Waals surface area contributed by atoms with Crippen molar-refractivity contribution >= 4 is 5.97 Å². The zero-order valence-corrected chi connectivity index (χ0v) is 8.61. The Labute approximate surface area is 87.4 Å². The van der Waals surface area contributed by atoms with Crippen molar-refractivity contribution in [2.45, 2.75) is 18.9 Å². The molecule has 0 fully saturated rings. The van der Waals surface area contributed by atoms with Crippen molar-refractivity contribution in [3.63, 3.8) is 0 Å². The van der Waals surface area contributed by atoms with E-state index in [2.05, 4.69) is 4.74 Å². The van der Waals surface area contributed by atoms with Gasteiger partial charge in [-0.05, 0) is 25.1 Å². The Morgan fingerprint density at radius 1 is 1.60 bits per heavy atom. The van der Waals surface area contributed by atoms with Crippen LogP contribution in [-0.2, 0) is 16.0 Å². The van der Waals surface area contributed by atoms with Gasteiger partial charge >= 0.3 is 5.97 Å². The molecule has 0 amide bonds. The van der Waals surface area contributed by atoms with E-state index in [4.69, 9.17) is 4.74 Å². The fourth-order valence-corrected chi connectivity index (χ4v) is 1.78. The van der Waals surface area contributed by atoms with Gasteiger partial charge in [-0.1, -0.05) is 0 Å². The maximum atomic E-state index is 11.5. The third-order valence-electron chi connectivity index (χ3n) is 2.52. The molecule has 1 atom stereocenters. The van der Waals surface area contributed by atoms with Crippen LogP contribution in [0.2, 0.25) is 0 Å². The molecule has 1 aromatic rings. The van der Waals surface area contributed by atoms with Gasteiger partial charge in [0.2, 0.25) is 5.60 Å². The first kappa shape index (κ1) is 9.83. The molecule has 4 heteroatoms. The van der Waals surface area contributed by atoms with Crippen LogP contribution in [0.3, 0.4) is 0 Å². The number of carbonyl (C=O) groups excluding carboxylic acids is 1. The molecule has 15 heavy (non-hydrogen) atoms. The highest BCUT2D eigenvalue weighted by Crippen LogP contribution is 2.37. The van der Waals surface area contributed by atoms with Crippen LogP contribution in [0.25, 0.3) is 0 Å². The Balaban J connectivity index is 2.32. The lowest BCUT2D eigenvalue weighted by molar-refractivity contribution is -0.156. The van der Waals surface area contributed by atoms with Gasteiger partial charge in [0.25, 0.3) is 0 Å². The third-order valence-corrected chi connectivity index (χ3v) is 2.52. The van der Waals surface area contributed by atoms with Gasteiger partial charge < -0.3 is 14.6 Å². The molecule has 0 saturated carbocycles. The summed E-state index contributed by atoms with van der Waals surface area (Å²) in [6, 6.07) is 4.78. The second-order valence-corrected chi connectivity index (χ2v) is 3.79. The van der Waals surface area contributed by atoms with E-state index in [9.17, 15) is 9.90 Å². The van der Waals surface area contributed by atoms with Crippen LogP contribution in [-0.4, -0.2) is 23.8 Å². The van der Waals surface area contributed by atoms with Gasteiger partial charge in [0.05, 0.1) is 7.11 Å². The van der Waals surface area contributed by atoms with Crippen molar-refractivity contribution in [3.05, 3.63) is 23.8 Å². The molecule has 80 valence electrons. The van der Waals surface area contributed by atoms with E-state index in [-0.39, 0.29) is 5.75 Å². The zero-order chi connectivity index (χ0) is 11.1. The lowest BCUT2D eigenvalue weighted by atomic mass is 9.99. The number of ether oxygens (including phenoxy) is 2. The standard InChI is InChI=1S/C11H12O4/c1-11(10(13)14-2)6-7-5-8(12)3-4-9(7)15-11/h3-5,12H,6H2,1-2H3. The summed E-state index contributed by atoms with van der Waals surface area (Å²) in [7, 11) is 1.33. The molecule has 1 heterocycles. The SMILES string of the molecule is COC(=O)C1(C)Cc2cc(O)ccc2O1. The molecule has 0 spiro atoms. The van der Waals surface area contributed by atoms with Crippen molar-refractivity contribution in [2.75, 3.05) is 7.11 Å². The van der Waals surface area contributed by atoms with Gasteiger partial charge in [-0.3, -0.25) is 0 Å². The molecule has 0 bridgehead atoms. The maximum Gasteiger partial charge on any atom is 0.350 e. The van der Waals surface area contributed by atoms with E-state index in [1.165, 1.54) is 13.2 Å². The number of methoxy groups -OCH3 is 1. The number of fused-ring (bicyclic) bond motifs is 1. The van der Waals surface area contributed by atoms with E-state index in [1.807, 2.05) is 0 Å². The van der Waals surface area contributed by atoms with Crippen LogP contribution in [0.1, 0.15) is 12.5 Å². The van der Waals surface area contributed by atoms with E-state index in [0.29, 0.717) is 12.2 Å². The highest BCUT2D eigenvalue weighted by atomic mass is 16.6. The average Bonchev–Trinajstić information content (AvgIpc) is 2.53. The minimum Gasteiger partial charge on any atom is -0.508 e. The lowest BCUT2D eigenvalue weighted by Crippen LogP contribution is -2.40. The van der Waals surface area contributed by atoms with Gasteiger partial charge in [-0.2, -0.15) is 0 Å². The van der Waals surface area contributed by atoms with Crippen molar-refractivity contribution < 1.29 is 19.4 Å². The number of carbonyl (C=O) groups is 1. The minimum absolute atomic E-state index is 0.173. The first-order valence-corrected chi connectivity index (χ1v) is 4.64. The first-order valence-electron chi connectivity index (χ1n) is 4.64. The van der Waals surface area contributed by atoms with Crippen LogP contribution in [0.4, 0.5) is 0 Å². The Morgan fingerprint density at radius 2 is 2.33 bits per heavy atom. The summed E-state index contributed by atoms with van der Waals surface area (Å²) in [6.45, 7) is 1.68. The van der Waals surface area contributed by atoms with Crippen LogP contribution < -0.4 is 4.74 Å². The number of hydrogen-bond donors (Lipinski definition) is 1. The summed E-state index contributed by atoms with van der Waals surface area (Å²) >= 11 is 0. The smallest absolute Gasteiger partial charge is 0.350 e. The van der Waals surface area contributed by atoms with Gasteiger partial charge in [-0.15, -0.1) is 0 Å². The molecule has 1 N–H and O–H groups in total. The van der Waals surface area contributed by atoms with Crippen molar-refractivity contribution in [3.8, 4) is 11.5 Å². The number of aromatic hydroxyl groups is 1. The Bertz CT molecular complexity index is 413. The second kappa shape index (κ2) is 3.15. The van der Waals surface area contributed by atoms with Crippen LogP contribution in [0.5, 0.6) is 11.5 Å². The highest BCUT2D eigenvalue weighted by Gasteiger charge is 2.43. The second-order valence-electron chi connectivity index (χ2n) is 3.79. The summed E-state index contributed by atoms with van der Waals surface area (Å²) < 4.78 is 10.2. The molecule has 0 aromatic heterocycles. The summed E-state index contributed by atoms with van der Waals surface area (Å²) in [6.07, 6.45) is 0.420. The molecular formula is C11H12O4. The minimum atomic E-state index is -0.967. The third kappa shape index (κ3) is 1.52. The molecule has 0 saturated heterocycles. The number of phenolic OH excluding ortho intramolecular Hbond substituents is 1. The van der Waals surface area contributed by atoms with E-state index in [1.54, 1.807) is 19.1 Å². The molecule has 1 aromatic carbocycles. The van der Waals surface area contributed by atoms with Crippen LogP contribution in [0.15, 0.2) is 18.2 Å². The highest BCUT2D eigenvalue weighted by molar-refractivity contribution is 5.81. The Kier molecular flexibility index (Phi) is 2.07. The molecule has 0 aliphatic carbocycles. The van der Waals surface area contributed by atoms with Gasteiger partial charge in [0.15, 0.2) is 0 Å². The molecule has 4 nitrogen and oxygen atoms in total. The quantitative estimate of drug-likeness (QED) is 0.706. The molecule has 0 radical (unpaired) electrons. The predicted molar refractivity (Wildman–Crippen MR) is 52.9 cm³/mol. The summed E-state index contributed by atoms with van der Waals surface area (Å²) in [5, 5.41) is 9.29. The van der Waals surface area contributed by atoms with E-state index >= 15 is 0 Å². The number of hydrogen-bond acceptors (Lipinski definition) is 4. The van der Waals surface area contributed by atoms with Crippen molar-refractivity contribution in [1.82, 2.24) is 0 Å². The van der Waals surface area contributed by atoms with E-state index in [0.717, 1.165) is 5.56 Å². The summed E-state index contributed by atoms with van der Waals surface area (Å²) in [4.78, 5) is 11.5. The largest absolute Gasteiger partial charge is 0.508 e. The first-order chi connectivity index (χ1) is 7.05. The molecule has 2 rings (SSSR count). The topological polar surface area (TPSA) is 55.8 Å². The summed E-state index contributed by atoms with van der Waals surface area (Å²) in [5.41, 5.74) is -0.145. The lowest BCUT2D eigenvalue weighted by Gasteiger charge is -2.20. The number of esters is 1. The number of benzene rings is 1. The maximum absolute atomic E-state index is 11.5. The van der Waals surface area contributed by atoms with Gasteiger partial charge in [0, 0.05) is 12.0 Å². The molecule has 1 unspecified atom stereocenters. The molecule has 1 aliphatic heterocycles. The van der Waals surface area contributed by atoms with Gasteiger partial charge in [0.1, 0.15) is 11.5 Å². The normalized spacial score (nSPS) is 23.1. The van der Waals surface area contributed by atoms with Gasteiger partial charge in [-0.25, -0.2) is 4.79 Å². The monoisotopic (exact) mass is 208 g/mol. The Hall–Kier alpha value is -1.71. The molecule has 1 aliphatic rings. The Morgan fingerprint density at radius 3 is 3.00 bits per heavy atom. The predicted octanol–water partition coefficient (Wildman–Crippen LogP) is 1.26. The van der Waals surface area contributed by atoms with Crippen LogP contribution >= 0.6 is 0 Å². The average molecular weight is 208 g/mol. The van der Waals surface area contributed by atoms with Crippen molar-refractivity contribution in [1.29, 1.82) is 0 Å². The molecular weight excluding hydrogens is 196 g/mol.